The van der Waals surface area contributed by atoms with Crippen molar-refractivity contribution in [1.82, 2.24) is 4.98 Å². The molecule has 0 aliphatic heterocycles. The number of benzene rings is 1. The van der Waals surface area contributed by atoms with Crippen molar-refractivity contribution in [1.29, 1.82) is 0 Å². The predicted octanol–water partition coefficient (Wildman–Crippen LogP) is 3.70. The van der Waals surface area contributed by atoms with E-state index >= 15 is 0 Å². The van der Waals surface area contributed by atoms with Crippen LogP contribution in [-0.2, 0) is 4.79 Å². The minimum atomic E-state index is -0.207. The van der Waals surface area contributed by atoms with E-state index in [1.54, 1.807) is 6.20 Å². The number of amides is 1. The van der Waals surface area contributed by atoms with Crippen molar-refractivity contribution >= 4 is 27.5 Å². The molecule has 1 N–H and O–H groups in total. The summed E-state index contributed by atoms with van der Waals surface area (Å²) in [5.74, 6) is 0.859. The third-order valence-corrected chi connectivity index (χ3v) is 4.16. The zero-order valence-corrected chi connectivity index (χ0v) is 12.3. The third kappa shape index (κ3) is 3.44. The Kier molecular flexibility index (Phi) is 4.37. The Morgan fingerprint density at radius 3 is 2.84 bits per heavy atom. The zero-order valence-electron chi connectivity index (χ0n) is 10.8. The van der Waals surface area contributed by atoms with Crippen LogP contribution in [0.4, 0.5) is 5.69 Å². The second kappa shape index (κ2) is 6.02. The fourth-order valence-electron chi connectivity index (χ4n) is 1.62. The lowest BCUT2D eigenvalue weighted by molar-refractivity contribution is -0.116. The van der Waals surface area contributed by atoms with E-state index in [1.807, 2.05) is 38.1 Å². The van der Waals surface area contributed by atoms with Gasteiger partial charge in [0.25, 0.3) is 0 Å². The van der Waals surface area contributed by atoms with Crippen LogP contribution < -0.4 is 5.32 Å². The Morgan fingerprint density at radius 2 is 2.21 bits per heavy atom. The molecule has 0 radical (unpaired) electrons. The van der Waals surface area contributed by atoms with Crippen LogP contribution in [0.2, 0.25) is 0 Å². The van der Waals surface area contributed by atoms with Gasteiger partial charge in [-0.3, -0.25) is 4.79 Å². The van der Waals surface area contributed by atoms with Crippen LogP contribution in [0.5, 0.6) is 0 Å². The number of hydrogen-bond donors (Lipinski definition) is 1. The maximum Gasteiger partial charge on any atom is 0.238 e. The van der Waals surface area contributed by atoms with Gasteiger partial charge in [0.05, 0.1) is 11.0 Å². The summed E-state index contributed by atoms with van der Waals surface area (Å²) in [6.07, 6.45) is 3.02. The number of aromatic nitrogens is 1. The molecular weight excluding hydrogens is 308 g/mol. The van der Waals surface area contributed by atoms with Crippen LogP contribution in [-0.4, -0.2) is 15.7 Å². The van der Waals surface area contributed by atoms with Gasteiger partial charge in [0.15, 0.2) is 12.2 Å². The Labute approximate surface area is 120 Å². The first-order valence-electron chi connectivity index (χ1n) is 6.02. The highest BCUT2D eigenvalue weighted by molar-refractivity contribution is 9.10. The average Bonchev–Trinajstić information content (AvgIpc) is 2.91. The lowest BCUT2D eigenvalue weighted by Gasteiger charge is -2.14. The molecule has 0 aliphatic rings. The summed E-state index contributed by atoms with van der Waals surface area (Å²) in [4.78, 5) is 15.6. The van der Waals surface area contributed by atoms with Gasteiger partial charge in [-0.2, -0.15) is 0 Å². The molecule has 2 rings (SSSR count). The van der Waals surface area contributed by atoms with E-state index in [9.17, 15) is 4.79 Å². The molecule has 1 unspecified atom stereocenters. The summed E-state index contributed by atoms with van der Waals surface area (Å²) < 4.78 is 5.23. The van der Waals surface area contributed by atoms with Gasteiger partial charge in [-0.05, 0) is 18.1 Å². The van der Waals surface area contributed by atoms with E-state index in [-0.39, 0.29) is 16.7 Å². The highest BCUT2D eigenvalue weighted by Gasteiger charge is 2.18. The van der Waals surface area contributed by atoms with E-state index in [0.717, 1.165) is 11.3 Å². The first-order valence-corrected chi connectivity index (χ1v) is 6.93. The molecule has 0 fully saturated rings. The molecule has 0 bridgehead atoms. The van der Waals surface area contributed by atoms with Crippen LogP contribution in [0.25, 0.3) is 11.3 Å². The van der Waals surface area contributed by atoms with Gasteiger partial charge in [0.2, 0.25) is 5.91 Å². The van der Waals surface area contributed by atoms with Crippen molar-refractivity contribution in [3.8, 4) is 11.3 Å². The quantitative estimate of drug-likeness (QED) is 0.873. The molecule has 0 spiro atoms. The van der Waals surface area contributed by atoms with E-state index in [4.69, 9.17) is 4.42 Å². The van der Waals surface area contributed by atoms with E-state index < -0.39 is 0 Å². The fraction of sp³-hybridized carbons (Fsp3) is 0.286. The van der Waals surface area contributed by atoms with Crippen molar-refractivity contribution in [2.24, 2.45) is 5.92 Å². The number of halogens is 1. The molecule has 1 heterocycles. The summed E-state index contributed by atoms with van der Waals surface area (Å²) in [6.45, 7) is 3.98. The van der Waals surface area contributed by atoms with Gasteiger partial charge in [-0.15, -0.1) is 0 Å². The highest BCUT2D eigenvalue weighted by Crippen LogP contribution is 2.23. The first-order chi connectivity index (χ1) is 9.08. The van der Waals surface area contributed by atoms with E-state index in [2.05, 4.69) is 26.2 Å². The molecule has 1 aromatic heterocycles. The number of carbonyl (C=O) groups excluding carboxylic acids is 1. The third-order valence-electron chi connectivity index (χ3n) is 2.68. The summed E-state index contributed by atoms with van der Waals surface area (Å²) in [5.41, 5.74) is 1.62. The Bertz CT molecular complexity index is 552. The molecule has 19 heavy (non-hydrogen) atoms. The number of nitrogens with one attached hydrogen (secondary N) is 1. The van der Waals surface area contributed by atoms with Crippen LogP contribution >= 0.6 is 15.9 Å². The molecule has 1 aromatic carbocycles. The number of hydrogen-bond acceptors (Lipinski definition) is 3. The summed E-state index contributed by atoms with van der Waals surface area (Å²) in [7, 11) is 0. The minimum absolute atomic E-state index is 0.0512. The summed E-state index contributed by atoms with van der Waals surface area (Å²) in [6, 6.07) is 7.48. The van der Waals surface area contributed by atoms with Crippen molar-refractivity contribution in [3.05, 3.63) is 36.9 Å². The van der Waals surface area contributed by atoms with Crippen molar-refractivity contribution in [2.75, 3.05) is 5.32 Å². The lowest BCUT2D eigenvalue weighted by atomic mass is 10.1. The molecule has 1 amide bonds. The number of anilines is 1. The average molecular weight is 323 g/mol. The van der Waals surface area contributed by atoms with Crippen molar-refractivity contribution in [3.63, 3.8) is 0 Å². The van der Waals surface area contributed by atoms with Crippen LogP contribution in [0.15, 0.2) is 41.3 Å². The molecule has 0 saturated heterocycles. The minimum Gasteiger partial charge on any atom is -0.444 e. The number of carbonyl (C=O) groups is 1. The lowest BCUT2D eigenvalue weighted by Crippen LogP contribution is -2.26. The molecule has 2 aromatic rings. The Morgan fingerprint density at radius 1 is 1.42 bits per heavy atom. The molecular formula is C14H15BrN2O2. The number of oxazole rings is 1. The van der Waals surface area contributed by atoms with Crippen LogP contribution in [0, 0.1) is 5.92 Å². The van der Waals surface area contributed by atoms with E-state index in [1.165, 1.54) is 6.39 Å². The second-order valence-electron chi connectivity index (χ2n) is 4.58. The predicted molar refractivity (Wildman–Crippen MR) is 78.1 cm³/mol. The number of alkyl halides is 1. The number of rotatable bonds is 4. The topological polar surface area (TPSA) is 55.1 Å². The van der Waals surface area contributed by atoms with Crippen molar-refractivity contribution < 1.29 is 9.21 Å². The molecule has 100 valence electrons. The standard InChI is InChI=1S/C14H15BrN2O2/c1-9(2)13(15)14(18)17-11-5-3-4-10(6-11)12-7-16-8-19-12/h3-9,13H,1-2H3,(H,17,18). The zero-order chi connectivity index (χ0) is 13.8. The van der Waals surface area contributed by atoms with Gasteiger partial charge in [0.1, 0.15) is 0 Å². The van der Waals surface area contributed by atoms with Crippen LogP contribution in [0.3, 0.4) is 0 Å². The van der Waals surface area contributed by atoms with Crippen molar-refractivity contribution in [2.45, 2.75) is 18.7 Å². The molecule has 0 saturated carbocycles. The molecule has 1 atom stereocenters. The van der Waals surface area contributed by atoms with Gasteiger partial charge in [-0.25, -0.2) is 4.98 Å². The smallest absolute Gasteiger partial charge is 0.238 e. The van der Waals surface area contributed by atoms with Gasteiger partial charge in [0, 0.05) is 11.3 Å². The van der Waals surface area contributed by atoms with Gasteiger partial charge < -0.3 is 9.73 Å². The summed E-state index contributed by atoms with van der Waals surface area (Å²) >= 11 is 3.38. The van der Waals surface area contributed by atoms with Gasteiger partial charge >= 0.3 is 0 Å². The molecule has 0 aliphatic carbocycles. The van der Waals surface area contributed by atoms with E-state index in [0.29, 0.717) is 5.76 Å². The monoisotopic (exact) mass is 322 g/mol. The number of nitrogens with zero attached hydrogens (tertiary/aromatic N) is 1. The van der Waals surface area contributed by atoms with Crippen LogP contribution in [0.1, 0.15) is 13.8 Å². The largest absolute Gasteiger partial charge is 0.444 e. The van der Waals surface area contributed by atoms with Gasteiger partial charge in [-0.1, -0.05) is 41.9 Å². The SMILES string of the molecule is CC(C)C(Br)C(=O)Nc1cccc(-c2cnco2)c1. The fourth-order valence-corrected chi connectivity index (χ4v) is 1.74. The Balaban J connectivity index is 2.14. The maximum atomic E-state index is 12.0. The normalized spacial score (nSPS) is 12.4. The second-order valence-corrected chi connectivity index (χ2v) is 5.57. The molecule has 4 nitrogen and oxygen atoms in total. The summed E-state index contributed by atoms with van der Waals surface area (Å²) in [5, 5.41) is 2.88. The maximum absolute atomic E-state index is 12.0. The highest BCUT2D eigenvalue weighted by atomic mass is 79.9. The first kappa shape index (κ1) is 13.8. The molecule has 5 heteroatoms. The Hall–Kier alpha value is -1.62.